The van der Waals surface area contributed by atoms with Crippen LogP contribution in [0.1, 0.15) is 109 Å². The van der Waals surface area contributed by atoms with Gasteiger partial charge in [0, 0.05) is 12.0 Å². The molecule has 0 aliphatic heterocycles. The van der Waals surface area contributed by atoms with Gasteiger partial charge < -0.3 is 4.74 Å². The molecule has 0 radical (unpaired) electrons. The van der Waals surface area contributed by atoms with E-state index in [4.69, 9.17) is 4.74 Å². The van der Waals surface area contributed by atoms with Crippen LogP contribution in [-0.2, 0) is 6.42 Å². The fraction of sp³-hybridized carbons (Fsp3) is 0.667. The van der Waals surface area contributed by atoms with Gasteiger partial charge in [0.05, 0.1) is 19.0 Å². The highest BCUT2D eigenvalue weighted by atomic mass is 19.1. The summed E-state index contributed by atoms with van der Waals surface area (Å²) in [5.41, 5.74) is 2.33. The van der Waals surface area contributed by atoms with Crippen molar-refractivity contribution in [3.05, 3.63) is 42.2 Å². The van der Waals surface area contributed by atoms with Crippen LogP contribution in [0.5, 0.6) is 5.75 Å². The summed E-state index contributed by atoms with van der Waals surface area (Å²) in [5, 5.41) is 0. The van der Waals surface area contributed by atoms with Crippen LogP contribution in [0.25, 0.3) is 11.4 Å². The molecule has 1 heterocycles. The molecule has 0 fully saturated rings. The van der Waals surface area contributed by atoms with Crippen molar-refractivity contribution in [2.75, 3.05) is 6.61 Å². The molecule has 3 nitrogen and oxygen atoms in total. The average Bonchev–Trinajstić information content (AvgIpc) is 2.88. The number of hydrogen-bond acceptors (Lipinski definition) is 3. The Balaban J connectivity index is 1.64. The maximum absolute atomic E-state index is 14.0. The monoisotopic (exact) mass is 488 g/mol. The molecular weight excluding hydrogens is 442 g/mol. The van der Waals surface area contributed by atoms with Crippen LogP contribution in [0.3, 0.4) is 0 Å². The van der Waals surface area contributed by atoms with Crippen molar-refractivity contribution in [2.24, 2.45) is 0 Å². The van der Waals surface area contributed by atoms with E-state index < -0.39 is 12.3 Å². The van der Waals surface area contributed by atoms with Crippen molar-refractivity contribution < 1.29 is 13.5 Å². The van der Waals surface area contributed by atoms with Crippen LogP contribution in [0.4, 0.5) is 8.78 Å². The topological polar surface area (TPSA) is 35.0 Å². The largest absolute Gasteiger partial charge is 0.490 e. The molecule has 2 aromatic rings. The minimum Gasteiger partial charge on any atom is -0.490 e. The van der Waals surface area contributed by atoms with Crippen molar-refractivity contribution in [2.45, 2.75) is 123 Å². The van der Waals surface area contributed by atoms with E-state index in [0.29, 0.717) is 18.0 Å². The molecule has 1 aromatic carbocycles. The molecule has 2 rings (SSSR count). The van der Waals surface area contributed by atoms with Gasteiger partial charge in [0.15, 0.2) is 11.6 Å². The zero-order valence-electron chi connectivity index (χ0n) is 22.0. The maximum atomic E-state index is 14.0. The molecule has 2 unspecified atom stereocenters. The number of ether oxygens (including phenoxy) is 1. The molecule has 0 saturated carbocycles. The van der Waals surface area contributed by atoms with Gasteiger partial charge in [0.2, 0.25) is 0 Å². The van der Waals surface area contributed by atoms with E-state index in [2.05, 4.69) is 41.2 Å². The van der Waals surface area contributed by atoms with Crippen molar-refractivity contribution in [1.82, 2.24) is 9.97 Å². The second-order valence-corrected chi connectivity index (χ2v) is 9.72. The lowest BCUT2D eigenvalue weighted by Crippen LogP contribution is -2.11. The fourth-order valence-corrected chi connectivity index (χ4v) is 4.20. The minimum atomic E-state index is -1.04. The Kier molecular flexibility index (Phi) is 15.2. The van der Waals surface area contributed by atoms with Crippen LogP contribution in [-0.4, -0.2) is 28.9 Å². The number of benzene rings is 1. The number of hydrogen-bond donors (Lipinski definition) is 0. The molecule has 0 bridgehead atoms. The Hall–Kier alpha value is -2.04. The third kappa shape index (κ3) is 13.0. The standard InChI is InChI=1S/C30H46F2N2O/c1-3-5-7-8-9-10-11-12-13-25-15-17-26(18-16-25)30-33-23-29(24-34-30)35-22-21-28(32)20-19-27(31)14-6-4-2/h15-18,23-24,27-28H,3-14,19-22H2,1-2H3. The second-order valence-electron chi connectivity index (χ2n) is 9.72. The molecule has 0 aliphatic carbocycles. The van der Waals surface area contributed by atoms with E-state index in [1.54, 1.807) is 12.4 Å². The van der Waals surface area contributed by atoms with Gasteiger partial charge in [0.25, 0.3) is 0 Å². The van der Waals surface area contributed by atoms with Gasteiger partial charge in [-0.1, -0.05) is 95.9 Å². The number of halogens is 2. The molecule has 5 heteroatoms. The Morgan fingerprint density at radius 3 is 1.89 bits per heavy atom. The number of alkyl halides is 2. The highest BCUT2D eigenvalue weighted by Gasteiger charge is 2.12. The first kappa shape index (κ1) is 29.2. The summed E-state index contributed by atoms with van der Waals surface area (Å²) < 4.78 is 33.2. The van der Waals surface area contributed by atoms with Gasteiger partial charge >= 0.3 is 0 Å². The SMILES string of the molecule is CCCCCCCCCCc1ccc(-c2ncc(OCCC(F)CCC(F)CCCC)cn2)cc1. The Morgan fingerprint density at radius 2 is 1.26 bits per heavy atom. The third-order valence-corrected chi connectivity index (χ3v) is 6.52. The van der Waals surface area contributed by atoms with Gasteiger partial charge in [-0.3, -0.25) is 0 Å². The Morgan fingerprint density at radius 1 is 0.686 bits per heavy atom. The summed E-state index contributed by atoms with van der Waals surface area (Å²) in [6, 6.07) is 8.47. The van der Waals surface area contributed by atoms with Crippen molar-refractivity contribution >= 4 is 0 Å². The van der Waals surface area contributed by atoms with E-state index in [1.807, 2.05) is 6.92 Å². The number of aryl methyl sites for hydroxylation is 1. The zero-order chi connectivity index (χ0) is 25.1. The van der Waals surface area contributed by atoms with E-state index in [-0.39, 0.29) is 25.9 Å². The predicted molar refractivity (Wildman–Crippen MR) is 142 cm³/mol. The highest BCUT2D eigenvalue weighted by Crippen LogP contribution is 2.20. The summed E-state index contributed by atoms with van der Waals surface area (Å²) in [5.74, 6) is 1.18. The van der Waals surface area contributed by atoms with Crippen LogP contribution >= 0.6 is 0 Å². The first-order chi connectivity index (χ1) is 17.1. The van der Waals surface area contributed by atoms with Crippen molar-refractivity contribution in [3.8, 4) is 17.1 Å². The second kappa shape index (κ2) is 18.3. The predicted octanol–water partition coefficient (Wildman–Crippen LogP) is 9.24. The van der Waals surface area contributed by atoms with Gasteiger partial charge in [-0.25, -0.2) is 18.7 Å². The quantitative estimate of drug-likeness (QED) is 0.174. The maximum Gasteiger partial charge on any atom is 0.159 e. The van der Waals surface area contributed by atoms with Crippen molar-refractivity contribution in [3.63, 3.8) is 0 Å². The third-order valence-electron chi connectivity index (χ3n) is 6.52. The van der Waals surface area contributed by atoms with Gasteiger partial charge in [-0.2, -0.15) is 0 Å². The van der Waals surface area contributed by atoms with E-state index in [0.717, 1.165) is 24.8 Å². The molecule has 0 saturated heterocycles. The van der Waals surface area contributed by atoms with Gasteiger partial charge in [0.1, 0.15) is 12.3 Å². The molecule has 196 valence electrons. The molecule has 1 aromatic heterocycles. The molecule has 0 aliphatic rings. The Bertz CT molecular complexity index is 767. The van der Waals surface area contributed by atoms with Crippen molar-refractivity contribution in [1.29, 1.82) is 0 Å². The summed E-state index contributed by atoms with van der Waals surface area (Å²) in [4.78, 5) is 8.80. The zero-order valence-corrected chi connectivity index (χ0v) is 22.0. The minimum absolute atomic E-state index is 0.239. The summed E-state index contributed by atoms with van der Waals surface area (Å²) in [6.45, 7) is 4.53. The van der Waals surface area contributed by atoms with Gasteiger partial charge in [-0.15, -0.1) is 0 Å². The van der Waals surface area contributed by atoms with Gasteiger partial charge in [-0.05, 0) is 37.7 Å². The fourth-order valence-electron chi connectivity index (χ4n) is 4.20. The molecule has 2 atom stereocenters. The molecule has 0 spiro atoms. The van der Waals surface area contributed by atoms with E-state index in [9.17, 15) is 8.78 Å². The number of nitrogens with zero attached hydrogens (tertiary/aromatic N) is 2. The number of aromatic nitrogens is 2. The lowest BCUT2D eigenvalue weighted by atomic mass is 10.0. The van der Waals surface area contributed by atoms with Crippen LogP contribution < -0.4 is 4.74 Å². The van der Waals surface area contributed by atoms with Crippen LogP contribution in [0, 0.1) is 0 Å². The van der Waals surface area contributed by atoms with Crippen LogP contribution in [0.2, 0.25) is 0 Å². The smallest absolute Gasteiger partial charge is 0.159 e. The first-order valence-corrected chi connectivity index (χ1v) is 13.9. The van der Waals surface area contributed by atoms with E-state index in [1.165, 1.54) is 56.9 Å². The number of rotatable bonds is 20. The summed E-state index contributed by atoms with van der Waals surface area (Å²) in [6.07, 6.45) is 16.3. The molecule has 0 amide bonds. The lowest BCUT2D eigenvalue weighted by molar-refractivity contribution is 0.199. The summed E-state index contributed by atoms with van der Waals surface area (Å²) in [7, 11) is 0. The molecular formula is C30H46F2N2O. The lowest BCUT2D eigenvalue weighted by Gasteiger charge is -2.12. The first-order valence-electron chi connectivity index (χ1n) is 13.9. The average molecular weight is 489 g/mol. The normalized spacial score (nSPS) is 13.0. The Labute approximate surface area is 212 Å². The summed E-state index contributed by atoms with van der Waals surface area (Å²) >= 11 is 0. The molecule has 0 N–H and O–H groups in total. The number of unbranched alkanes of at least 4 members (excludes halogenated alkanes) is 8. The van der Waals surface area contributed by atoms with E-state index >= 15 is 0 Å². The van der Waals surface area contributed by atoms with Crippen LogP contribution in [0.15, 0.2) is 36.7 Å². The highest BCUT2D eigenvalue weighted by molar-refractivity contribution is 5.55. The molecule has 35 heavy (non-hydrogen) atoms.